The zero-order valence-electron chi connectivity index (χ0n) is 20.7. The number of amides is 2. The number of carbonyl (C=O) groups excluding carboxylic acids is 2. The number of hydrogen-bond acceptors (Lipinski definition) is 9. The molecule has 0 unspecified atom stereocenters. The summed E-state index contributed by atoms with van der Waals surface area (Å²) in [7, 11) is 0. The summed E-state index contributed by atoms with van der Waals surface area (Å²) in [5.74, 6) is -4.59. The number of nitro benzene ring substituents is 1. The van der Waals surface area contributed by atoms with Crippen LogP contribution in [0.3, 0.4) is 0 Å². The second kappa shape index (κ2) is 9.60. The average molecular weight is 535 g/mol. The number of nitro groups is 1. The third kappa shape index (κ3) is 4.19. The van der Waals surface area contributed by atoms with Gasteiger partial charge in [-0.05, 0) is 43.2 Å². The Kier molecular flexibility index (Phi) is 6.21. The lowest BCUT2D eigenvalue weighted by Crippen LogP contribution is -2.55. The number of para-hydroxylation sites is 1. The molecule has 3 aromatic rings. The molecule has 3 fully saturated rings. The Balaban J connectivity index is 1.35. The molecule has 6 atom stereocenters. The minimum atomic E-state index is -1.80. The van der Waals surface area contributed by atoms with Crippen molar-refractivity contribution in [2.24, 2.45) is 23.7 Å². The largest absolute Gasteiger partial charge is 0.493 e. The number of nitrogens with zero attached hydrogens (tertiary/aromatic N) is 2. The van der Waals surface area contributed by atoms with Crippen LogP contribution in [0.25, 0.3) is 0 Å². The van der Waals surface area contributed by atoms with Crippen LogP contribution >= 0.6 is 0 Å². The summed E-state index contributed by atoms with van der Waals surface area (Å²) in [4.78, 5) is 39.2. The van der Waals surface area contributed by atoms with Gasteiger partial charge in [0.05, 0.1) is 29.1 Å². The Hall–Kier alpha value is -4.06. The molecule has 2 amide bonds. The van der Waals surface area contributed by atoms with Crippen LogP contribution in [0.4, 0.5) is 11.4 Å². The molecule has 11 heteroatoms. The molecule has 2 aliphatic heterocycles. The zero-order valence-corrected chi connectivity index (χ0v) is 20.7. The van der Waals surface area contributed by atoms with Crippen LogP contribution in [-0.2, 0) is 20.9 Å². The summed E-state index contributed by atoms with van der Waals surface area (Å²) < 4.78 is 17.8. The quantitative estimate of drug-likeness (QED) is 0.264. The predicted octanol–water partition coefficient (Wildman–Crippen LogP) is 3.35. The second-order valence-corrected chi connectivity index (χ2v) is 10.1. The van der Waals surface area contributed by atoms with E-state index in [0.717, 1.165) is 4.90 Å². The van der Waals surface area contributed by atoms with Gasteiger partial charge in [0.15, 0.2) is 5.79 Å². The van der Waals surface area contributed by atoms with Gasteiger partial charge in [0.1, 0.15) is 30.0 Å². The molecular formula is C28H26N2O9. The monoisotopic (exact) mass is 534 g/mol. The maximum absolute atomic E-state index is 13.8. The van der Waals surface area contributed by atoms with Gasteiger partial charge in [0.25, 0.3) is 5.69 Å². The first-order valence-electron chi connectivity index (χ1n) is 12.7. The number of anilines is 1. The SMILES string of the molecule is O=C1[C@H]2[C@H](C[C@H](COc3ccccc3)[C@@]3(O)O[C@H](c4ccc(CO)o4)C[C@@H]23)C(=O)N1c1cccc([N+](=O)[O-])c1. The highest BCUT2D eigenvalue weighted by Crippen LogP contribution is 2.58. The van der Waals surface area contributed by atoms with Gasteiger partial charge in [-0.15, -0.1) is 0 Å². The van der Waals surface area contributed by atoms with Gasteiger partial charge in [-0.3, -0.25) is 19.7 Å². The molecule has 3 aliphatic rings. The van der Waals surface area contributed by atoms with Gasteiger partial charge in [0, 0.05) is 24.0 Å². The minimum absolute atomic E-state index is 0.0330. The van der Waals surface area contributed by atoms with E-state index in [4.69, 9.17) is 13.9 Å². The van der Waals surface area contributed by atoms with Gasteiger partial charge in [-0.2, -0.15) is 0 Å². The van der Waals surface area contributed by atoms with Crippen molar-refractivity contribution in [3.05, 3.63) is 88.4 Å². The van der Waals surface area contributed by atoms with Gasteiger partial charge < -0.3 is 24.1 Å². The number of rotatable bonds is 7. The maximum Gasteiger partial charge on any atom is 0.271 e. The Morgan fingerprint density at radius 3 is 2.56 bits per heavy atom. The van der Waals surface area contributed by atoms with Crippen LogP contribution < -0.4 is 9.64 Å². The van der Waals surface area contributed by atoms with Crippen molar-refractivity contribution in [3.8, 4) is 5.75 Å². The molecule has 0 radical (unpaired) electrons. The normalized spacial score (nSPS) is 29.8. The minimum Gasteiger partial charge on any atom is -0.493 e. The summed E-state index contributed by atoms with van der Waals surface area (Å²) in [6.45, 7) is -0.269. The van der Waals surface area contributed by atoms with Crippen molar-refractivity contribution < 1.29 is 38.6 Å². The first-order valence-corrected chi connectivity index (χ1v) is 12.7. The lowest BCUT2D eigenvalue weighted by Gasteiger charge is -2.44. The molecule has 11 nitrogen and oxygen atoms in total. The Labute approximate surface area is 222 Å². The first-order chi connectivity index (χ1) is 18.8. The van der Waals surface area contributed by atoms with Gasteiger partial charge >= 0.3 is 0 Å². The van der Waals surface area contributed by atoms with E-state index in [2.05, 4.69) is 0 Å². The Morgan fingerprint density at radius 1 is 1.05 bits per heavy atom. The first kappa shape index (κ1) is 25.2. The molecule has 1 aromatic heterocycles. The molecule has 0 spiro atoms. The van der Waals surface area contributed by atoms with Gasteiger partial charge in [0.2, 0.25) is 11.8 Å². The maximum atomic E-state index is 13.8. The number of ether oxygens (including phenoxy) is 2. The number of furan rings is 1. The summed E-state index contributed by atoms with van der Waals surface area (Å²) in [5.41, 5.74) is -0.126. The molecule has 202 valence electrons. The van der Waals surface area contributed by atoms with E-state index in [1.54, 1.807) is 24.3 Å². The van der Waals surface area contributed by atoms with E-state index in [1.807, 2.05) is 18.2 Å². The number of carbonyl (C=O) groups is 2. The molecule has 6 rings (SSSR count). The third-order valence-corrected chi connectivity index (χ3v) is 8.01. The van der Waals surface area contributed by atoms with Gasteiger partial charge in [-0.25, -0.2) is 4.90 Å². The van der Waals surface area contributed by atoms with Crippen molar-refractivity contribution in [1.29, 1.82) is 0 Å². The smallest absolute Gasteiger partial charge is 0.271 e. The highest BCUT2D eigenvalue weighted by Gasteiger charge is 2.67. The molecule has 3 heterocycles. The van der Waals surface area contributed by atoms with E-state index >= 15 is 0 Å². The fourth-order valence-corrected chi connectivity index (χ4v) is 6.22. The second-order valence-electron chi connectivity index (χ2n) is 10.1. The molecule has 0 bridgehead atoms. The molecule has 2 saturated heterocycles. The van der Waals surface area contributed by atoms with Crippen molar-refractivity contribution >= 4 is 23.2 Å². The van der Waals surface area contributed by atoms with E-state index < -0.39 is 52.3 Å². The van der Waals surface area contributed by atoms with Crippen molar-refractivity contribution in [3.63, 3.8) is 0 Å². The number of fused-ring (bicyclic) bond motifs is 3. The summed E-state index contributed by atoms with van der Waals surface area (Å²) in [6, 6.07) is 17.7. The number of non-ortho nitro benzene ring substituents is 1. The average Bonchev–Trinajstić information content (AvgIpc) is 3.62. The zero-order chi connectivity index (χ0) is 27.3. The van der Waals surface area contributed by atoms with Crippen LogP contribution in [-0.4, -0.2) is 39.3 Å². The standard InChI is InChI=1S/C28H26N2O9/c31-14-20-9-10-23(38-20)24-13-22-25-21(11-16(28(22,34)39-24)15-37-19-7-2-1-3-8-19)26(32)29(27(25)33)17-5-4-6-18(12-17)30(35)36/h1-10,12,16,21-22,24-25,31,34H,11,13-15H2/t16-,21+,22+,24+,25+,28-/m1/s1. The molecule has 2 aromatic carbocycles. The fraction of sp³-hybridized carbons (Fsp3) is 0.357. The highest BCUT2D eigenvalue weighted by atomic mass is 16.6. The molecular weight excluding hydrogens is 508 g/mol. The van der Waals surface area contributed by atoms with Crippen LogP contribution in [0.5, 0.6) is 5.75 Å². The number of imide groups is 1. The fourth-order valence-electron chi connectivity index (χ4n) is 6.22. The molecule has 39 heavy (non-hydrogen) atoms. The third-order valence-electron chi connectivity index (χ3n) is 8.01. The number of aliphatic hydroxyl groups excluding tert-OH is 1. The number of benzene rings is 2. The highest BCUT2D eigenvalue weighted by molar-refractivity contribution is 6.22. The molecule has 1 saturated carbocycles. The van der Waals surface area contributed by atoms with E-state index in [-0.39, 0.29) is 37.4 Å². The lowest BCUT2D eigenvalue weighted by molar-refractivity contribution is -0.384. The molecule has 2 N–H and O–H groups in total. The summed E-state index contributed by atoms with van der Waals surface area (Å²) in [5, 5.41) is 32.8. The van der Waals surface area contributed by atoms with Crippen LogP contribution in [0.2, 0.25) is 0 Å². The van der Waals surface area contributed by atoms with Crippen LogP contribution in [0.15, 0.2) is 71.1 Å². The van der Waals surface area contributed by atoms with Crippen LogP contribution in [0.1, 0.15) is 30.5 Å². The summed E-state index contributed by atoms with van der Waals surface area (Å²) in [6.07, 6.45) is -0.402. The van der Waals surface area contributed by atoms with E-state index in [1.165, 1.54) is 24.3 Å². The van der Waals surface area contributed by atoms with E-state index in [0.29, 0.717) is 17.3 Å². The number of hydrogen-bond donors (Lipinski definition) is 2. The lowest BCUT2D eigenvalue weighted by atomic mass is 9.64. The van der Waals surface area contributed by atoms with Crippen molar-refractivity contribution in [1.82, 2.24) is 0 Å². The van der Waals surface area contributed by atoms with Crippen LogP contribution in [0, 0.1) is 33.8 Å². The number of aliphatic hydroxyl groups is 2. The predicted molar refractivity (Wildman–Crippen MR) is 134 cm³/mol. The topological polar surface area (TPSA) is 153 Å². The van der Waals surface area contributed by atoms with E-state index in [9.17, 15) is 29.9 Å². The Morgan fingerprint density at radius 2 is 1.85 bits per heavy atom. The van der Waals surface area contributed by atoms with Crippen molar-refractivity contribution in [2.75, 3.05) is 11.5 Å². The van der Waals surface area contributed by atoms with Crippen molar-refractivity contribution in [2.45, 2.75) is 31.3 Å². The summed E-state index contributed by atoms with van der Waals surface area (Å²) >= 11 is 0. The Bertz CT molecular complexity index is 1420. The molecule has 1 aliphatic carbocycles. The van der Waals surface area contributed by atoms with Gasteiger partial charge in [-0.1, -0.05) is 24.3 Å².